The number of hydrogen-bond donors (Lipinski definition) is 1. The molecule has 8 nitrogen and oxygen atoms in total. The van der Waals surface area contributed by atoms with Crippen molar-refractivity contribution in [1.82, 2.24) is 14.5 Å². The fourth-order valence-corrected chi connectivity index (χ4v) is 4.33. The number of methoxy groups -OCH3 is 2. The molecule has 4 rings (SSSR count). The third kappa shape index (κ3) is 4.02. The lowest BCUT2D eigenvalue weighted by molar-refractivity contribution is -0.119. The second-order valence-corrected chi connectivity index (χ2v) is 8.14. The highest BCUT2D eigenvalue weighted by molar-refractivity contribution is 6.32. The first-order valence-corrected chi connectivity index (χ1v) is 11.0. The Morgan fingerprint density at radius 3 is 2.66 bits per heavy atom. The molecule has 0 fully saturated rings. The molecule has 0 spiro atoms. The van der Waals surface area contributed by atoms with Gasteiger partial charge in [-0.3, -0.25) is 14.2 Å². The van der Waals surface area contributed by atoms with Crippen LogP contribution in [0.25, 0.3) is 11.0 Å². The number of aromatic nitrogens is 3. The standard InChI is InChI=1S/C23H25ClN4O4/c1-4-18(22(29)27-17-10-15(24)19(31-2)11-20(17)32-3)28-12-25-21-14(23(28)30)9-13-7-5-6-8-16(13)26-21/h9-12,18H,4-8H2,1-3H3,(H,27,29). The summed E-state index contributed by atoms with van der Waals surface area (Å²) >= 11 is 6.22. The molecule has 0 saturated heterocycles. The maximum Gasteiger partial charge on any atom is 0.263 e. The Morgan fingerprint density at radius 2 is 1.94 bits per heavy atom. The molecule has 2 heterocycles. The van der Waals surface area contributed by atoms with E-state index in [1.165, 1.54) is 25.1 Å². The number of ether oxygens (including phenoxy) is 2. The summed E-state index contributed by atoms with van der Waals surface area (Å²) in [5.74, 6) is 0.454. The Kier molecular flexibility index (Phi) is 6.32. The number of hydrogen-bond acceptors (Lipinski definition) is 6. The number of rotatable bonds is 6. The number of amides is 1. The van der Waals surface area contributed by atoms with E-state index in [9.17, 15) is 9.59 Å². The van der Waals surface area contributed by atoms with Gasteiger partial charge in [0.1, 0.15) is 23.9 Å². The van der Waals surface area contributed by atoms with Crippen molar-refractivity contribution < 1.29 is 14.3 Å². The first-order chi connectivity index (χ1) is 15.5. The van der Waals surface area contributed by atoms with Gasteiger partial charge in [0.2, 0.25) is 5.91 Å². The van der Waals surface area contributed by atoms with Crippen molar-refractivity contribution in [3.63, 3.8) is 0 Å². The second kappa shape index (κ2) is 9.16. The summed E-state index contributed by atoms with van der Waals surface area (Å²) in [6, 6.07) is 4.28. The van der Waals surface area contributed by atoms with Crippen molar-refractivity contribution in [2.75, 3.05) is 19.5 Å². The zero-order valence-corrected chi connectivity index (χ0v) is 19.0. The molecule has 3 aromatic rings. The Hall–Kier alpha value is -3.13. The summed E-state index contributed by atoms with van der Waals surface area (Å²) < 4.78 is 11.9. The topological polar surface area (TPSA) is 95.3 Å². The minimum Gasteiger partial charge on any atom is -0.495 e. The van der Waals surface area contributed by atoms with Gasteiger partial charge in [0.05, 0.1) is 30.3 Å². The quantitative estimate of drug-likeness (QED) is 0.603. The molecule has 1 aliphatic carbocycles. The van der Waals surface area contributed by atoms with E-state index in [-0.39, 0.29) is 11.5 Å². The zero-order chi connectivity index (χ0) is 22.8. The van der Waals surface area contributed by atoms with Crippen LogP contribution in [0.5, 0.6) is 11.5 Å². The summed E-state index contributed by atoms with van der Waals surface area (Å²) in [6.07, 6.45) is 5.79. The van der Waals surface area contributed by atoms with Gasteiger partial charge < -0.3 is 14.8 Å². The van der Waals surface area contributed by atoms with Gasteiger partial charge in [-0.05, 0) is 49.8 Å². The first kappa shape index (κ1) is 22.1. The van der Waals surface area contributed by atoms with Crippen LogP contribution in [-0.2, 0) is 17.6 Å². The van der Waals surface area contributed by atoms with Gasteiger partial charge in [0.25, 0.3) is 5.56 Å². The van der Waals surface area contributed by atoms with Crippen LogP contribution in [0.3, 0.4) is 0 Å². The van der Waals surface area contributed by atoms with Crippen LogP contribution in [0.2, 0.25) is 5.02 Å². The van der Waals surface area contributed by atoms with Gasteiger partial charge in [0, 0.05) is 11.8 Å². The molecule has 1 unspecified atom stereocenters. The summed E-state index contributed by atoms with van der Waals surface area (Å²) in [6.45, 7) is 1.84. The monoisotopic (exact) mass is 456 g/mol. The van der Waals surface area contributed by atoms with Gasteiger partial charge in [-0.15, -0.1) is 0 Å². The number of fused-ring (bicyclic) bond motifs is 2. The molecule has 2 aromatic heterocycles. The average molecular weight is 457 g/mol. The number of benzene rings is 1. The van der Waals surface area contributed by atoms with Crippen molar-refractivity contribution in [2.24, 2.45) is 0 Å². The number of nitrogens with zero attached hydrogens (tertiary/aromatic N) is 3. The minimum absolute atomic E-state index is 0.280. The third-order valence-corrected chi connectivity index (χ3v) is 6.10. The highest BCUT2D eigenvalue weighted by Crippen LogP contribution is 2.36. The molecule has 0 saturated carbocycles. The van der Waals surface area contributed by atoms with Crippen LogP contribution in [0.15, 0.2) is 29.3 Å². The molecule has 0 radical (unpaired) electrons. The molecule has 1 aromatic carbocycles. The first-order valence-electron chi connectivity index (χ1n) is 10.6. The number of halogens is 1. The summed E-state index contributed by atoms with van der Waals surface area (Å²) in [5, 5.41) is 3.59. The summed E-state index contributed by atoms with van der Waals surface area (Å²) in [5.41, 5.74) is 2.64. The predicted octanol–water partition coefficient (Wildman–Crippen LogP) is 3.93. The number of anilines is 1. The normalized spacial score (nSPS) is 14.0. The molecule has 168 valence electrons. The Morgan fingerprint density at radius 1 is 1.19 bits per heavy atom. The Labute approximate surface area is 190 Å². The van der Waals surface area contributed by atoms with Crippen molar-refractivity contribution in [3.05, 3.63) is 51.2 Å². The molecule has 0 bridgehead atoms. The van der Waals surface area contributed by atoms with Crippen LogP contribution in [0.4, 0.5) is 5.69 Å². The molecule has 1 amide bonds. The maximum absolute atomic E-state index is 13.3. The maximum atomic E-state index is 13.3. The van der Waals surface area contributed by atoms with E-state index < -0.39 is 6.04 Å². The summed E-state index contributed by atoms with van der Waals surface area (Å²) in [4.78, 5) is 35.4. The van der Waals surface area contributed by atoms with E-state index in [4.69, 9.17) is 21.1 Å². The fraction of sp³-hybridized carbons (Fsp3) is 0.391. The van der Waals surface area contributed by atoms with Crippen molar-refractivity contribution in [2.45, 2.75) is 45.1 Å². The van der Waals surface area contributed by atoms with E-state index in [1.54, 1.807) is 12.1 Å². The van der Waals surface area contributed by atoms with Gasteiger partial charge in [-0.2, -0.15) is 0 Å². The van der Waals surface area contributed by atoms with E-state index in [0.29, 0.717) is 39.7 Å². The van der Waals surface area contributed by atoms with Crippen LogP contribution in [0.1, 0.15) is 43.5 Å². The van der Waals surface area contributed by atoms with Crippen LogP contribution >= 0.6 is 11.6 Å². The van der Waals surface area contributed by atoms with Crippen LogP contribution in [0, 0.1) is 0 Å². The lowest BCUT2D eigenvalue weighted by Crippen LogP contribution is -2.33. The molecule has 32 heavy (non-hydrogen) atoms. The van der Waals surface area contributed by atoms with Crippen molar-refractivity contribution in [3.8, 4) is 11.5 Å². The third-order valence-electron chi connectivity index (χ3n) is 5.81. The predicted molar refractivity (Wildman–Crippen MR) is 123 cm³/mol. The molecule has 0 aliphatic heterocycles. The number of pyridine rings is 1. The Balaban J connectivity index is 1.69. The molecule has 1 N–H and O–H groups in total. The fourth-order valence-electron chi connectivity index (χ4n) is 4.09. The number of nitrogens with one attached hydrogen (secondary N) is 1. The van der Waals surface area contributed by atoms with E-state index in [1.807, 2.05) is 13.0 Å². The average Bonchev–Trinajstić information content (AvgIpc) is 2.80. The number of carbonyl (C=O) groups excluding carboxylic acids is 1. The highest BCUT2D eigenvalue weighted by Gasteiger charge is 2.24. The smallest absolute Gasteiger partial charge is 0.263 e. The minimum atomic E-state index is -0.763. The van der Waals surface area contributed by atoms with Gasteiger partial charge in [0.15, 0.2) is 5.65 Å². The van der Waals surface area contributed by atoms with E-state index in [0.717, 1.165) is 36.9 Å². The summed E-state index contributed by atoms with van der Waals surface area (Å²) in [7, 11) is 2.98. The molecule has 9 heteroatoms. The molecule has 1 aliphatic rings. The number of carbonyl (C=O) groups is 1. The van der Waals surface area contributed by atoms with Gasteiger partial charge >= 0.3 is 0 Å². The van der Waals surface area contributed by atoms with Gasteiger partial charge in [-0.25, -0.2) is 9.97 Å². The largest absolute Gasteiger partial charge is 0.495 e. The Bertz CT molecular complexity index is 1240. The van der Waals surface area contributed by atoms with Crippen molar-refractivity contribution >= 4 is 34.2 Å². The lowest BCUT2D eigenvalue weighted by Gasteiger charge is -2.20. The van der Waals surface area contributed by atoms with Crippen molar-refractivity contribution in [1.29, 1.82) is 0 Å². The SMILES string of the molecule is CCC(C(=O)Nc1cc(Cl)c(OC)cc1OC)n1cnc2nc3c(cc2c1=O)CCCC3. The molecular weight excluding hydrogens is 432 g/mol. The second-order valence-electron chi connectivity index (χ2n) is 7.73. The number of aryl methyl sites for hydroxylation is 2. The molecular formula is C23H25ClN4O4. The van der Waals surface area contributed by atoms with E-state index >= 15 is 0 Å². The highest BCUT2D eigenvalue weighted by atomic mass is 35.5. The zero-order valence-electron chi connectivity index (χ0n) is 18.3. The lowest BCUT2D eigenvalue weighted by atomic mass is 9.95. The van der Waals surface area contributed by atoms with E-state index in [2.05, 4.69) is 15.3 Å². The van der Waals surface area contributed by atoms with Gasteiger partial charge in [-0.1, -0.05) is 18.5 Å². The van der Waals surface area contributed by atoms with Crippen LogP contribution in [-0.4, -0.2) is 34.7 Å². The van der Waals surface area contributed by atoms with Crippen LogP contribution < -0.4 is 20.3 Å². The molecule has 1 atom stereocenters.